The normalized spacial score (nSPS) is 13.8. The molecule has 108 valence electrons. The Balaban J connectivity index is 1.61. The second-order valence-electron chi connectivity index (χ2n) is 5.38. The molecule has 3 rings (SSSR count). The maximum Gasteiger partial charge on any atom is 0.223 e. The van der Waals surface area contributed by atoms with E-state index in [0.29, 0.717) is 13.0 Å². The topological polar surface area (TPSA) is 53.4 Å². The second kappa shape index (κ2) is 5.95. The molecule has 0 spiro atoms. The van der Waals surface area contributed by atoms with Crippen LogP contribution in [0, 0.1) is 0 Å². The van der Waals surface area contributed by atoms with Gasteiger partial charge in [-0.25, -0.2) is 0 Å². The first kappa shape index (κ1) is 13.6. The molecule has 0 aliphatic carbocycles. The summed E-state index contributed by atoms with van der Waals surface area (Å²) >= 11 is 0. The molecule has 4 nitrogen and oxygen atoms in total. The zero-order chi connectivity index (χ0) is 14.7. The predicted octanol–water partition coefficient (Wildman–Crippen LogP) is 2.30. The van der Waals surface area contributed by atoms with Gasteiger partial charge in [0, 0.05) is 31.9 Å². The number of aryl methyl sites for hydroxylation is 1. The molecule has 1 aromatic heterocycles. The summed E-state index contributed by atoms with van der Waals surface area (Å²) in [6, 6.07) is 9.29. The Kier molecular flexibility index (Phi) is 3.86. The van der Waals surface area contributed by atoms with Crippen LogP contribution in [0.4, 0.5) is 0 Å². The Hall–Kier alpha value is -2.36. The summed E-state index contributed by atoms with van der Waals surface area (Å²) in [5.74, 6) is 0.422. The molecule has 2 heterocycles. The van der Waals surface area contributed by atoms with Gasteiger partial charge in [-0.15, -0.1) is 0 Å². The number of rotatable bonds is 3. The standard InChI is InChI=1S/C17H18N2O2/c20-16-5-4-14-7-9-19(12-15(14)10-16)17(21)6-3-13-2-1-8-18-11-13/h1-2,4-5,8,10-11,20H,3,6-7,9,12H2. The number of nitrogens with zero attached hydrogens (tertiary/aromatic N) is 2. The van der Waals surface area contributed by atoms with Crippen molar-refractivity contribution in [1.29, 1.82) is 0 Å². The smallest absolute Gasteiger partial charge is 0.223 e. The molecular weight excluding hydrogens is 264 g/mol. The van der Waals surface area contributed by atoms with Crippen molar-refractivity contribution in [2.75, 3.05) is 6.54 Å². The van der Waals surface area contributed by atoms with Gasteiger partial charge >= 0.3 is 0 Å². The van der Waals surface area contributed by atoms with Crippen LogP contribution >= 0.6 is 0 Å². The lowest BCUT2D eigenvalue weighted by molar-refractivity contribution is -0.132. The van der Waals surface area contributed by atoms with Crippen LogP contribution in [0.1, 0.15) is 23.1 Å². The highest BCUT2D eigenvalue weighted by Crippen LogP contribution is 2.23. The van der Waals surface area contributed by atoms with E-state index in [9.17, 15) is 9.90 Å². The molecule has 0 saturated heterocycles. The first-order valence-electron chi connectivity index (χ1n) is 7.20. The molecule has 0 fully saturated rings. The average molecular weight is 282 g/mol. The highest BCUT2D eigenvalue weighted by Gasteiger charge is 2.20. The lowest BCUT2D eigenvalue weighted by Crippen LogP contribution is -2.36. The van der Waals surface area contributed by atoms with E-state index < -0.39 is 0 Å². The van der Waals surface area contributed by atoms with Crippen molar-refractivity contribution in [3.05, 3.63) is 59.4 Å². The number of amides is 1. The average Bonchev–Trinajstić information content (AvgIpc) is 2.53. The van der Waals surface area contributed by atoms with Crippen molar-refractivity contribution in [2.45, 2.75) is 25.8 Å². The van der Waals surface area contributed by atoms with E-state index in [0.717, 1.165) is 30.5 Å². The predicted molar refractivity (Wildman–Crippen MR) is 79.8 cm³/mol. The molecule has 1 N–H and O–H groups in total. The third kappa shape index (κ3) is 3.21. The fourth-order valence-electron chi connectivity index (χ4n) is 2.71. The summed E-state index contributed by atoms with van der Waals surface area (Å²) in [5, 5.41) is 9.55. The molecular formula is C17H18N2O2. The highest BCUT2D eigenvalue weighted by atomic mass is 16.3. The van der Waals surface area contributed by atoms with E-state index >= 15 is 0 Å². The van der Waals surface area contributed by atoms with Crippen molar-refractivity contribution in [2.24, 2.45) is 0 Å². The highest BCUT2D eigenvalue weighted by molar-refractivity contribution is 5.76. The van der Waals surface area contributed by atoms with Crippen molar-refractivity contribution in [3.8, 4) is 5.75 Å². The number of carbonyl (C=O) groups is 1. The third-order valence-corrected chi connectivity index (χ3v) is 3.91. The van der Waals surface area contributed by atoms with Crippen LogP contribution in [-0.4, -0.2) is 27.4 Å². The molecule has 1 aromatic carbocycles. The molecule has 2 aromatic rings. The number of aromatic hydroxyl groups is 1. The lowest BCUT2D eigenvalue weighted by Gasteiger charge is -2.29. The Morgan fingerprint density at radius 3 is 3.00 bits per heavy atom. The van der Waals surface area contributed by atoms with Crippen LogP contribution < -0.4 is 0 Å². The molecule has 1 aliphatic rings. The Bertz CT molecular complexity index is 640. The van der Waals surface area contributed by atoms with Gasteiger partial charge in [0.15, 0.2) is 0 Å². The molecule has 4 heteroatoms. The molecule has 0 unspecified atom stereocenters. The van der Waals surface area contributed by atoms with Crippen LogP contribution in [-0.2, 0) is 24.2 Å². The number of carbonyl (C=O) groups excluding carboxylic acids is 1. The van der Waals surface area contributed by atoms with Gasteiger partial charge in [-0.05, 0) is 47.7 Å². The first-order chi connectivity index (χ1) is 10.2. The lowest BCUT2D eigenvalue weighted by atomic mass is 9.99. The summed E-state index contributed by atoms with van der Waals surface area (Å²) in [7, 11) is 0. The minimum Gasteiger partial charge on any atom is -0.508 e. The second-order valence-corrected chi connectivity index (χ2v) is 5.38. The van der Waals surface area contributed by atoms with Gasteiger partial charge in [-0.3, -0.25) is 9.78 Å². The number of phenols is 1. The van der Waals surface area contributed by atoms with E-state index in [2.05, 4.69) is 4.98 Å². The number of pyridine rings is 1. The molecule has 21 heavy (non-hydrogen) atoms. The maximum absolute atomic E-state index is 12.3. The van der Waals surface area contributed by atoms with Crippen LogP contribution in [0.2, 0.25) is 0 Å². The van der Waals surface area contributed by atoms with Gasteiger partial charge in [-0.2, -0.15) is 0 Å². The number of hydrogen-bond acceptors (Lipinski definition) is 3. The summed E-state index contributed by atoms with van der Waals surface area (Å²) in [4.78, 5) is 18.2. The summed E-state index contributed by atoms with van der Waals surface area (Å²) < 4.78 is 0. The van der Waals surface area contributed by atoms with Gasteiger partial charge < -0.3 is 10.0 Å². The van der Waals surface area contributed by atoms with Crippen LogP contribution in [0.15, 0.2) is 42.7 Å². The quantitative estimate of drug-likeness (QED) is 0.940. The van der Waals surface area contributed by atoms with Gasteiger partial charge in [0.25, 0.3) is 0 Å². The van der Waals surface area contributed by atoms with Crippen molar-refractivity contribution >= 4 is 5.91 Å². The summed E-state index contributed by atoms with van der Waals surface area (Å²) in [6.07, 6.45) is 5.61. The van der Waals surface area contributed by atoms with Crippen molar-refractivity contribution in [3.63, 3.8) is 0 Å². The Morgan fingerprint density at radius 1 is 1.29 bits per heavy atom. The van der Waals surface area contributed by atoms with Crippen LogP contribution in [0.5, 0.6) is 5.75 Å². The number of aromatic nitrogens is 1. The van der Waals surface area contributed by atoms with Crippen LogP contribution in [0.25, 0.3) is 0 Å². The SMILES string of the molecule is O=C(CCc1cccnc1)N1CCc2ccc(O)cc2C1. The number of phenolic OH excluding ortho intramolecular Hbond substituents is 1. The fraction of sp³-hybridized carbons (Fsp3) is 0.294. The molecule has 1 amide bonds. The van der Waals surface area contributed by atoms with Crippen molar-refractivity contribution in [1.82, 2.24) is 9.88 Å². The molecule has 0 radical (unpaired) electrons. The van der Waals surface area contributed by atoms with Crippen molar-refractivity contribution < 1.29 is 9.90 Å². The largest absolute Gasteiger partial charge is 0.508 e. The fourth-order valence-corrected chi connectivity index (χ4v) is 2.71. The molecule has 0 atom stereocenters. The summed E-state index contributed by atoms with van der Waals surface area (Å²) in [6.45, 7) is 1.35. The maximum atomic E-state index is 12.3. The molecule has 1 aliphatic heterocycles. The van der Waals surface area contributed by atoms with Gasteiger partial charge in [0.05, 0.1) is 0 Å². The number of benzene rings is 1. The van der Waals surface area contributed by atoms with E-state index in [1.807, 2.05) is 23.1 Å². The zero-order valence-electron chi connectivity index (χ0n) is 11.8. The Morgan fingerprint density at radius 2 is 2.19 bits per heavy atom. The number of hydrogen-bond donors (Lipinski definition) is 1. The van der Waals surface area contributed by atoms with Gasteiger partial charge in [0.2, 0.25) is 5.91 Å². The number of fused-ring (bicyclic) bond motifs is 1. The Labute approximate surface area is 124 Å². The van der Waals surface area contributed by atoms with Gasteiger partial charge in [-0.1, -0.05) is 12.1 Å². The van der Waals surface area contributed by atoms with Gasteiger partial charge in [0.1, 0.15) is 5.75 Å². The zero-order valence-corrected chi connectivity index (χ0v) is 11.8. The minimum absolute atomic E-state index is 0.160. The monoisotopic (exact) mass is 282 g/mol. The third-order valence-electron chi connectivity index (χ3n) is 3.91. The van der Waals surface area contributed by atoms with E-state index in [1.54, 1.807) is 24.5 Å². The van der Waals surface area contributed by atoms with E-state index in [-0.39, 0.29) is 11.7 Å². The first-order valence-corrected chi connectivity index (χ1v) is 7.20. The summed E-state index contributed by atoms with van der Waals surface area (Å²) in [5.41, 5.74) is 3.36. The molecule has 0 saturated carbocycles. The van der Waals surface area contributed by atoms with E-state index in [4.69, 9.17) is 0 Å². The molecule has 0 bridgehead atoms. The minimum atomic E-state index is 0.160. The van der Waals surface area contributed by atoms with E-state index in [1.165, 1.54) is 5.56 Å². The van der Waals surface area contributed by atoms with Crippen LogP contribution in [0.3, 0.4) is 0 Å².